The number of benzene rings is 3. The molecule has 0 saturated heterocycles. The van der Waals surface area contributed by atoms with Crippen LogP contribution in [0.25, 0.3) is 22.0 Å². The van der Waals surface area contributed by atoms with Crippen molar-refractivity contribution < 1.29 is 9.90 Å². The maximum Gasteiger partial charge on any atom is 0.224 e. The lowest BCUT2D eigenvalue weighted by molar-refractivity contribution is -0.116. The van der Waals surface area contributed by atoms with Gasteiger partial charge in [-0.1, -0.05) is 42.5 Å². The summed E-state index contributed by atoms with van der Waals surface area (Å²) in [6.45, 7) is 0. The smallest absolute Gasteiger partial charge is 0.224 e. The molecular formula is C22H19N3O2. The van der Waals surface area contributed by atoms with Crippen molar-refractivity contribution in [3.63, 3.8) is 0 Å². The third-order valence-electron chi connectivity index (χ3n) is 4.52. The first-order valence-electron chi connectivity index (χ1n) is 8.79. The Kier molecular flexibility index (Phi) is 4.58. The molecule has 0 bridgehead atoms. The van der Waals surface area contributed by atoms with Crippen LogP contribution >= 0.6 is 0 Å². The van der Waals surface area contributed by atoms with Crippen LogP contribution in [0.1, 0.15) is 12.0 Å². The van der Waals surface area contributed by atoms with Crippen molar-refractivity contribution in [2.75, 3.05) is 5.32 Å². The minimum atomic E-state index is -0.0378. The zero-order chi connectivity index (χ0) is 18.6. The highest BCUT2D eigenvalue weighted by molar-refractivity contribution is 6.03. The molecule has 3 N–H and O–H groups in total. The summed E-state index contributed by atoms with van der Waals surface area (Å²) >= 11 is 0. The lowest BCUT2D eigenvalue weighted by Crippen LogP contribution is -2.12. The van der Waals surface area contributed by atoms with Gasteiger partial charge in [0.1, 0.15) is 5.75 Å². The van der Waals surface area contributed by atoms with Crippen molar-refractivity contribution in [3.05, 3.63) is 78.5 Å². The highest BCUT2D eigenvalue weighted by atomic mass is 16.3. The number of rotatable bonds is 5. The van der Waals surface area contributed by atoms with Crippen LogP contribution in [0.4, 0.5) is 5.69 Å². The van der Waals surface area contributed by atoms with Gasteiger partial charge in [0, 0.05) is 11.8 Å². The largest absolute Gasteiger partial charge is 0.508 e. The molecular weight excluding hydrogens is 338 g/mol. The van der Waals surface area contributed by atoms with Crippen LogP contribution in [-0.2, 0) is 11.2 Å². The second-order valence-corrected chi connectivity index (χ2v) is 6.44. The van der Waals surface area contributed by atoms with Crippen molar-refractivity contribution in [2.24, 2.45) is 0 Å². The van der Waals surface area contributed by atoms with Crippen molar-refractivity contribution >= 4 is 22.5 Å². The summed E-state index contributed by atoms with van der Waals surface area (Å²) in [5.74, 6) is 0.181. The number of anilines is 1. The van der Waals surface area contributed by atoms with E-state index in [1.165, 1.54) is 0 Å². The molecule has 0 radical (unpaired) electrons. The summed E-state index contributed by atoms with van der Waals surface area (Å²) < 4.78 is 0. The van der Waals surface area contributed by atoms with E-state index >= 15 is 0 Å². The van der Waals surface area contributed by atoms with Crippen molar-refractivity contribution in [1.29, 1.82) is 0 Å². The van der Waals surface area contributed by atoms with E-state index in [0.717, 1.165) is 33.3 Å². The number of aryl methyl sites for hydroxylation is 1. The Labute approximate surface area is 156 Å². The minimum Gasteiger partial charge on any atom is -0.508 e. The quantitative estimate of drug-likeness (QED) is 0.492. The van der Waals surface area contributed by atoms with Crippen LogP contribution in [0, 0.1) is 0 Å². The summed E-state index contributed by atoms with van der Waals surface area (Å²) in [5, 5.41) is 20.4. The van der Waals surface area contributed by atoms with Gasteiger partial charge in [-0.05, 0) is 47.4 Å². The van der Waals surface area contributed by atoms with Crippen molar-refractivity contribution in [1.82, 2.24) is 10.2 Å². The third kappa shape index (κ3) is 3.82. The standard InChI is InChI=1S/C22H19N3O2/c26-18-9-7-16(8-10-18)17-12-20(19-14-23-25-21(19)13-17)24-22(27)11-6-15-4-2-1-3-5-15/h1-5,7-10,12-14,26H,6,11H2,(H,23,25)(H,24,27). The minimum absolute atomic E-state index is 0.0378. The molecule has 0 saturated carbocycles. The van der Waals surface area contributed by atoms with Crippen molar-refractivity contribution in [3.8, 4) is 16.9 Å². The van der Waals surface area contributed by atoms with Gasteiger partial charge in [0.05, 0.1) is 17.4 Å². The van der Waals surface area contributed by atoms with Gasteiger partial charge in [0.2, 0.25) is 5.91 Å². The molecule has 0 aliphatic carbocycles. The monoisotopic (exact) mass is 357 g/mol. The molecule has 134 valence electrons. The van der Waals surface area contributed by atoms with Crippen LogP contribution in [-0.4, -0.2) is 21.2 Å². The van der Waals surface area contributed by atoms with Gasteiger partial charge >= 0.3 is 0 Å². The average molecular weight is 357 g/mol. The predicted molar refractivity (Wildman–Crippen MR) is 107 cm³/mol. The Balaban J connectivity index is 1.57. The topological polar surface area (TPSA) is 78.0 Å². The average Bonchev–Trinajstić information content (AvgIpc) is 3.17. The molecule has 1 heterocycles. The Morgan fingerprint density at radius 1 is 1.00 bits per heavy atom. The molecule has 0 aliphatic rings. The Morgan fingerprint density at radius 3 is 2.56 bits per heavy atom. The lowest BCUT2D eigenvalue weighted by Gasteiger charge is -2.10. The third-order valence-corrected chi connectivity index (χ3v) is 4.52. The number of amides is 1. The van der Waals surface area contributed by atoms with Crippen LogP contribution < -0.4 is 5.32 Å². The first kappa shape index (κ1) is 16.8. The normalized spacial score (nSPS) is 10.8. The molecule has 0 fully saturated rings. The number of carbonyl (C=O) groups excluding carboxylic acids is 1. The second-order valence-electron chi connectivity index (χ2n) is 6.44. The number of phenolic OH excluding ortho intramolecular Hbond substituents is 1. The fourth-order valence-corrected chi connectivity index (χ4v) is 3.09. The number of fused-ring (bicyclic) bond motifs is 1. The first-order valence-corrected chi connectivity index (χ1v) is 8.79. The van der Waals surface area contributed by atoms with Gasteiger partial charge in [0.25, 0.3) is 0 Å². The van der Waals surface area contributed by atoms with E-state index in [9.17, 15) is 9.90 Å². The van der Waals surface area contributed by atoms with Gasteiger partial charge in [-0.3, -0.25) is 9.89 Å². The van der Waals surface area contributed by atoms with Crippen LogP contribution in [0.3, 0.4) is 0 Å². The predicted octanol–water partition coefficient (Wildman–Crippen LogP) is 4.51. The zero-order valence-corrected chi connectivity index (χ0v) is 14.6. The number of hydrogen-bond acceptors (Lipinski definition) is 3. The molecule has 5 heteroatoms. The van der Waals surface area contributed by atoms with E-state index in [2.05, 4.69) is 15.5 Å². The number of nitrogens with zero attached hydrogens (tertiary/aromatic N) is 1. The molecule has 0 unspecified atom stereocenters. The first-order chi connectivity index (χ1) is 13.2. The lowest BCUT2D eigenvalue weighted by atomic mass is 10.0. The molecule has 0 aliphatic heterocycles. The molecule has 0 spiro atoms. The number of aromatic amines is 1. The maximum absolute atomic E-state index is 12.5. The Bertz CT molecular complexity index is 1070. The van der Waals surface area contributed by atoms with Crippen LogP contribution in [0.15, 0.2) is 72.9 Å². The number of phenols is 1. The molecule has 4 aromatic rings. The maximum atomic E-state index is 12.5. The summed E-state index contributed by atoms with van der Waals surface area (Å²) in [6, 6.07) is 20.8. The second kappa shape index (κ2) is 7.33. The fraction of sp³-hybridized carbons (Fsp3) is 0.0909. The SMILES string of the molecule is O=C(CCc1ccccc1)Nc1cc(-c2ccc(O)cc2)cc2[nH]ncc12. The van der Waals surface area contributed by atoms with Gasteiger partial charge in [0.15, 0.2) is 0 Å². The highest BCUT2D eigenvalue weighted by Gasteiger charge is 2.11. The molecule has 0 atom stereocenters. The van der Waals surface area contributed by atoms with Gasteiger partial charge in [-0.2, -0.15) is 5.10 Å². The molecule has 1 amide bonds. The highest BCUT2D eigenvalue weighted by Crippen LogP contribution is 2.31. The van der Waals surface area contributed by atoms with Crippen LogP contribution in [0.5, 0.6) is 5.75 Å². The van der Waals surface area contributed by atoms with E-state index < -0.39 is 0 Å². The number of carbonyl (C=O) groups is 1. The van der Waals surface area contributed by atoms with Crippen LogP contribution in [0.2, 0.25) is 0 Å². The molecule has 1 aromatic heterocycles. The number of aromatic hydroxyl groups is 1. The van der Waals surface area contributed by atoms with Gasteiger partial charge in [-0.15, -0.1) is 0 Å². The summed E-state index contributed by atoms with van der Waals surface area (Å²) in [5.41, 5.74) is 4.59. The van der Waals surface area contributed by atoms with E-state index in [4.69, 9.17) is 0 Å². The number of aromatic nitrogens is 2. The van der Waals surface area contributed by atoms with Gasteiger partial charge in [-0.25, -0.2) is 0 Å². The summed E-state index contributed by atoms with van der Waals surface area (Å²) in [4.78, 5) is 12.5. The molecule has 27 heavy (non-hydrogen) atoms. The van der Waals surface area contributed by atoms with Gasteiger partial charge < -0.3 is 10.4 Å². The Hall–Kier alpha value is -3.60. The zero-order valence-electron chi connectivity index (χ0n) is 14.6. The number of H-pyrrole nitrogens is 1. The molecule has 5 nitrogen and oxygen atoms in total. The molecule has 4 rings (SSSR count). The summed E-state index contributed by atoms with van der Waals surface area (Å²) in [6.07, 6.45) is 2.81. The van der Waals surface area contributed by atoms with E-state index in [0.29, 0.717) is 12.8 Å². The number of nitrogens with one attached hydrogen (secondary N) is 2. The van der Waals surface area contributed by atoms with Crippen molar-refractivity contribution in [2.45, 2.75) is 12.8 Å². The van der Waals surface area contributed by atoms with E-state index in [1.807, 2.05) is 54.6 Å². The molecule has 3 aromatic carbocycles. The number of hydrogen-bond donors (Lipinski definition) is 3. The summed E-state index contributed by atoms with van der Waals surface area (Å²) in [7, 11) is 0. The van der Waals surface area contributed by atoms with E-state index in [-0.39, 0.29) is 11.7 Å². The fourth-order valence-electron chi connectivity index (χ4n) is 3.09. The Morgan fingerprint density at radius 2 is 1.78 bits per heavy atom. The van der Waals surface area contributed by atoms with E-state index in [1.54, 1.807) is 18.3 Å².